The number of methoxy groups -OCH3 is 1. The zero-order valence-electron chi connectivity index (χ0n) is 10.7. The number of rotatable bonds is 2. The first kappa shape index (κ1) is 13.5. The van der Waals surface area contributed by atoms with Gasteiger partial charge in [-0.05, 0) is 40.0 Å². The van der Waals surface area contributed by atoms with Gasteiger partial charge in [-0.1, -0.05) is 0 Å². The van der Waals surface area contributed by atoms with Crippen LogP contribution in [0.5, 0.6) is 0 Å². The van der Waals surface area contributed by atoms with Crippen LogP contribution in [-0.2, 0) is 9.53 Å². The summed E-state index contributed by atoms with van der Waals surface area (Å²) in [5.41, 5.74) is 5.92. The third-order valence-electron chi connectivity index (χ3n) is 3.01. The first-order valence-electron chi connectivity index (χ1n) is 5.94. The van der Waals surface area contributed by atoms with Crippen molar-refractivity contribution < 1.29 is 9.53 Å². The predicted octanol–water partition coefficient (Wildman–Crippen LogP) is 1.04. The number of hydrogen-bond donors (Lipinski definition) is 2. The summed E-state index contributed by atoms with van der Waals surface area (Å²) in [4.78, 5) is 11.7. The number of nitrogens with one attached hydrogen (secondary N) is 1. The molecule has 0 saturated heterocycles. The van der Waals surface area contributed by atoms with Crippen LogP contribution in [0.4, 0.5) is 0 Å². The second kappa shape index (κ2) is 5.15. The molecule has 1 saturated carbocycles. The van der Waals surface area contributed by atoms with E-state index in [1.54, 1.807) is 0 Å². The molecular formula is C12H24N2O2. The summed E-state index contributed by atoms with van der Waals surface area (Å²) < 4.78 is 4.85. The van der Waals surface area contributed by atoms with Gasteiger partial charge in [-0.2, -0.15) is 0 Å². The van der Waals surface area contributed by atoms with Crippen molar-refractivity contribution >= 4 is 5.97 Å². The summed E-state index contributed by atoms with van der Waals surface area (Å²) in [5, 5.41) is 3.49. The Morgan fingerprint density at radius 2 is 2.00 bits per heavy atom. The molecule has 1 rings (SSSR count). The molecule has 0 aliphatic heterocycles. The lowest BCUT2D eigenvalue weighted by Crippen LogP contribution is -2.53. The summed E-state index contributed by atoms with van der Waals surface area (Å²) in [7, 11) is 1.44. The fourth-order valence-electron chi connectivity index (χ4n) is 2.34. The summed E-state index contributed by atoms with van der Waals surface area (Å²) in [6, 6.07) is 0.314. The van der Waals surface area contributed by atoms with Gasteiger partial charge in [0.2, 0.25) is 0 Å². The summed E-state index contributed by atoms with van der Waals surface area (Å²) in [5.74, 6) is -0.245. The van der Waals surface area contributed by atoms with E-state index in [1.807, 2.05) is 0 Å². The third kappa shape index (κ3) is 3.76. The lowest BCUT2D eigenvalue weighted by molar-refractivity contribution is -0.148. The Bertz CT molecular complexity index is 248. The molecule has 0 bridgehead atoms. The van der Waals surface area contributed by atoms with Gasteiger partial charge in [-0.15, -0.1) is 0 Å². The Hall–Kier alpha value is -0.610. The minimum absolute atomic E-state index is 0.0123. The van der Waals surface area contributed by atoms with Crippen LogP contribution in [0.2, 0.25) is 0 Å². The fourth-order valence-corrected chi connectivity index (χ4v) is 2.34. The topological polar surface area (TPSA) is 64.3 Å². The Kier molecular flexibility index (Phi) is 4.33. The molecule has 3 N–H and O–H groups in total. The SMILES string of the molecule is COC(=O)C1CC(N)CCC1NC(C)(C)C. The van der Waals surface area contributed by atoms with Crippen LogP contribution in [0.15, 0.2) is 0 Å². The van der Waals surface area contributed by atoms with Crippen LogP contribution < -0.4 is 11.1 Å². The molecule has 3 atom stereocenters. The van der Waals surface area contributed by atoms with E-state index in [1.165, 1.54) is 7.11 Å². The van der Waals surface area contributed by atoms with E-state index < -0.39 is 0 Å². The Morgan fingerprint density at radius 3 is 2.50 bits per heavy atom. The zero-order chi connectivity index (χ0) is 12.3. The van der Waals surface area contributed by atoms with Crippen molar-refractivity contribution in [2.24, 2.45) is 11.7 Å². The van der Waals surface area contributed by atoms with Gasteiger partial charge < -0.3 is 15.8 Å². The number of nitrogens with two attached hydrogens (primary N) is 1. The van der Waals surface area contributed by atoms with Crippen molar-refractivity contribution in [3.8, 4) is 0 Å². The monoisotopic (exact) mass is 228 g/mol. The van der Waals surface area contributed by atoms with Crippen molar-refractivity contribution in [1.29, 1.82) is 0 Å². The normalized spacial score (nSPS) is 31.2. The van der Waals surface area contributed by atoms with Gasteiger partial charge in [-0.25, -0.2) is 0 Å². The molecule has 0 aromatic carbocycles. The zero-order valence-corrected chi connectivity index (χ0v) is 10.7. The molecule has 0 spiro atoms. The Balaban J connectivity index is 2.68. The molecular weight excluding hydrogens is 204 g/mol. The van der Waals surface area contributed by atoms with Gasteiger partial charge in [0.15, 0.2) is 0 Å². The van der Waals surface area contributed by atoms with Crippen LogP contribution in [0.1, 0.15) is 40.0 Å². The number of ether oxygens (including phenoxy) is 1. The van der Waals surface area contributed by atoms with Gasteiger partial charge in [0.25, 0.3) is 0 Å². The minimum atomic E-state index is -0.142. The molecule has 0 heterocycles. The van der Waals surface area contributed by atoms with E-state index in [0.29, 0.717) is 0 Å². The second-order valence-electron chi connectivity index (χ2n) is 5.70. The molecule has 1 aliphatic carbocycles. The lowest BCUT2D eigenvalue weighted by Gasteiger charge is -2.37. The molecule has 4 heteroatoms. The maximum atomic E-state index is 11.7. The van der Waals surface area contributed by atoms with Gasteiger partial charge in [0, 0.05) is 17.6 Å². The average Bonchev–Trinajstić information content (AvgIpc) is 2.17. The lowest BCUT2D eigenvalue weighted by atomic mass is 9.81. The molecule has 16 heavy (non-hydrogen) atoms. The summed E-state index contributed by atoms with van der Waals surface area (Å²) in [6.07, 6.45) is 2.64. The van der Waals surface area contributed by atoms with Crippen LogP contribution in [-0.4, -0.2) is 30.7 Å². The summed E-state index contributed by atoms with van der Waals surface area (Å²) in [6.45, 7) is 6.32. The first-order valence-corrected chi connectivity index (χ1v) is 5.94. The van der Waals surface area contributed by atoms with Crippen molar-refractivity contribution in [3.05, 3.63) is 0 Å². The fraction of sp³-hybridized carbons (Fsp3) is 0.917. The molecule has 3 unspecified atom stereocenters. The standard InChI is InChI=1S/C12H24N2O2/c1-12(2,3)14-10-6-5-8(13)7-9(10)11(15)16-4/h8-10,14H,5-7,13H2,1-4H3. The van der Waals surface area contributed by atoms with Gasteiger partial charge in [0.05, 0.1) is 13.0 Å². The van der Waals surface area contributed by atoms with Crippen LogP contribution in [0.25, 0.3) is 0 Å². The van der Waals surface area contributed by atoms with Gasteiger partial charge in [-0.3, -0.25) is 4.79 Å². The molecule has 0 aromatic heterocycles. The predicted molar refractivity (Wildman–Crippen MR) is 64.0 cm³/mol. The van der Waals surface area contributed by atoms with Crippen molar-refractivity contribution in [3.63, 3.8) is 0 Å². The third-order valence-corrected chi connectivity index (χ3v) is 3.01. The van der Waals surface area contributed by atoms with E-state index >= 15 is 0 Å². The van der Waals surface area contributed by atoms with Crippen molar-refractivity contribution in [2.45, 2.75) is 57.7 Å². The second-order valence-corrected chi connectivity index (χ2v) is 5.70. The largest absolute Gasteiger partial charge is 0.469 e. The number of esters is 1. The first-order chi connectivity index (χ1) is 7.33. The molecule has 4 nitrogen and oxygen atoms in total. The number of hydrogen-bond acceptors (Lipinski definition) is 4. The van der Waals surface area contributed by atoms with E-state index in [0.717, 1.165) is 19.3 Å². The average molecular weight is 228 g/mol. The van der Waals surface area contributed by atoms with Gasteiger partial charge in [0.1, 0.15) is 0 Å². The Labute approximate surface area is 97.9 Å². The van der Waals surface area contributed by atoms with Crippen LogP contribution in [0, 0.1) is 5.92 Å². The molecule has 1 aliphatic rings. The Morgan fingerprint density at radius 1 is 1.38 bits per heavy atom. The molecule has 0 amide bonds. The van der Waals surface area contributed by atoms with E-state index in [4.69, 9.17) is 10.5 Å². The quantitative estimate of drug-likeness (QED) is 0.693. The summed E-state index contributed by atoms with van der Waals surface area (Å²) >= 11 is 0. The smallest absolute Gasteiger partial charge is 0.310 e. The molecule has 94 valence electrons. The molecule has 0 aromatic rings. The van der Waals surface area contributed by atoms with Crippen molar-refractivity contribution in [2.75, 3.05) is 7.11 Å². The number of carbonyl (C=O) groups is 1. The van der Waals surface area contributed by atoms with E-state index in [2.05, 4.69) is 26.1 Å². The van der Waals surface area contributed by atoms with Crippen molar-refractivity contribution in [1.82, 2.24) is 5.32 Å². The minimum Gasteiger partial charge on any atom is -0.469 e. The van der Waals surface area contributed by atoms with Crippen LogP contribution in [0.3, 0.4) is 0 Å². The van der Waals surface area contributed by atoms with Crippen LogP contribution >= 0.6 is 0 Å². The highest BCUT2D eigenvalue weighted by Crippen LogP contribution is 2.26. The number of carbonyl (C=O) groups excluding carboxylic acids is 1. The molecule has 0 radical (unpaired) electrons. The van der Waals surface area contributed by atoms with Gasteiger partial charge >= 0.3 is 5.97 Å². The highest BCUT2D eigenvalue weighted by molar-refractivity contribution is 5.73. The molecule has 1 fully saturated rings. The van der Waals surface area contributed by atoms with E-state index in [9.17, 15) is 4.79 Å². The maximum Gasteiger partial charge on any atom is 0.310 e. The highest BCUT2D eigenvalue weighted by atomic mass is 16.5. The van der Waals surface area contributed by atoms with E-state index in [-0.39, 0.29) is 29.5 Å². The highest BCUT2D eigenvalue weighted by Gasteiger charge is 2.36. The maximum absolute atomic E-state index is 11.7.